The van der Waals surface area contributed by atoms with Crippen LogP contribution in [0.15, 0.2) is 42.6 Å². The van der Waals surface area contributed by atoms with Crippen molar-refractivity contribution in [3.05, 3.63) is 54.2 Å². The number of anilines is 1. The van der Waals surface area contributed by atoms with Crippen molar-refractivity contribution in [2.75, 3.05) is 38.1 Å². The summed E-state index contributed by atoms with van der Waals surface area (Å²) in [5.74, 6) is 0.696. The summed E-state index contributed by atoms with van der Waals surface area (Å²) in [5, 5.41) is 5.76. The Morgan fingerprint density at radius 2 is 1.91 bits per heavy atom. The van der Waals surface area contributed by atoms with Gasteiger partial charge < -0.3 is 30.0 Å². The molecule has 1 aliphatic heterocycles. The van der Waals surface area contributed by atoms with Crippen molar-refractivity contribution in [3.63, 3.8) is 0 Å². The number of carbonyl (C=O) groups excluding carboxylic acids is 2. The maximum Gasteiger partial charge on any atom is 0.407 e. The van der Waals surface area contributed by atoms with E-state index >= 15 is 0 Å². The van der Waals surface area contributed by atoms with E-state index in [0.29, 0.717) is 59.6 Å². The minimum Gasteiger partial charge on any atom is -0.478 e. The van der Waals surface area contributed by atoms with Gasteiger partial charge >= 0.3 is 6.09 Å². The maximum absolute atomic E-state index is 14.0. The second-order valence-electron chi connectivity index (χ2n) is 11.7. The zero-order chi connectivity index (χ0) is 30.4. The quantitative estimate of drug-likeness (QED) is 0.223. The molecule has 3 N–H and O–H groups in total. The van der Waals surface area contributed by atoms with Crippen LogP contribution in [-0.4, -0.2) is 75.2 Å². The van der Waals surface area contributed by atoms with Crippen LogP contribution in [0.3, 0.4) is 0 Å². The summed E-state index contributed by atoms with van der Waals surface area (Å²) in [4.78, 5) is 43.8. The molecule has 0 saturated carbocycles. The van der Waals surface area contributed by atoms with E-state index in [2.05, 4.69) is 35.5 Å². The molecule has 0 atom stereocenters. The van der Waals surface area contributed by atoms with Gasteiger partial charge in [-0.05, 0) is 77.4 Å². The normalized spacial score (nSPS) is 14.6. The number of benzene rings is 1. The molecule has 2 amide bonds. The first-order valence-corrected chi connectivity index (χ1v) is 14.7. The van der Waals surface area contributed by atoms with Crippen molar-refractivity contribution in [1.82, 2.24) is 30.2 Å². The minimum atomic E-state index is -0.547. The number of imidazole rings is 1. The highest BCUT2D eigenvalue weighted by Gasteiger charge is 2.26. The zero-order valence-corrected chi connectivity index (χ0v) is 24.8. The van der Waals surface area contributed by atoms with Crippen LogP contribution in [0.5, 0.6) is 5.88 Å². The van der Waals surface area contributed by atoms with E-state index in [1.54, 1.807) is 30.5 Å². The standard InChI is InChI=1S/C31H38FN7O4/c1-31(2,3)43-30(41)34-14-5-19-42-26-9-8-22-28(38-26)24(10-15-33-22)36-29(40)20-11-16-39(17-12-20)18-13-25-35-23-7-4-6-21(32)27(23)37-25/h4,6-10,15,20H,5,11-14,16-19H2,1-3H3,(H,34,41)(H,35,37)(H,33,36,40). The fourth-order valence-electron chi connectivity index (χ4n) is 5.03. The number of fused-ring (bicyclic) bond motifs is 2. The van der Waals surface area contributed by atoms with Crippen LogP contribution in [0.4, 0.5) is 14.9 Å². The highest BCUT2D eigenvalue weighted by Crippen LogP contribution is 2.25. The van der Waals surface area contributed by atoms with Crippen LogP contribution < -0.4 is 15.4 Å². The summed E-state index contributed by atoms with van der Waals surface area (Å²) in [6, 6.07) is 10.2. The molecular formula is C31H38FN7O4. The van der Waals surface area contributed by atoms with E-state index in [0.717, 1.165) is 38.3 Å². The fraction of sp³-hybridized carbons (Fsp3) is 0.452. The molecule has 4 aromatic rings. The predicted octanol–water partition coefficient (Wildman–Crippen LogP) is 4.83. The van der Waals surface area contributed by atoms with Crippen LogP contribution in [-0.2, 0) is 16.0 Å². The van der Waals surface area contributed by atoms with Gasteiger partial charge in [0.05, 0.1) is 23.3 Å². The molecule has 1 saturated heterocycles. The van der Waals surface area contributed by atoms with Crippen molar-refractivity contribution >= 4 is 39.8 Å². The molecule has 1 fully saturated rings. The number of ether oxygens (including phenoxy) is 2. The van der Waals surface area contributed by atoms with Gasteiger partial charge in [0.2, 0.25) is 11.8 Å². The van der Waals surface area contributed by atoms with Crippen molar-refractivity contribution < 1.29 is 23.5 Å². The van der Waals surface area contributed by atoms with Crippen LogP contribution >= 0.6 is 0 Å². The number of halogens is 1. The monoisotopic (exact) mass is 591 g/mol. The lowest BCUT2D eigenvalue weighted by molar-refractivity contribution is -0.121. The van der Waals surface area contributed by atoms with E-state index in [9.17, 15) is 14.0 Å². The Bertz CT molecular complexity index is 1580. The molecule has 0 aliphatic carbocycles. The van der Waals surface area contributed by atoms with E-state index in [1.807, 2.05) is 26.8 Å². The van der Waals surface area contributed by atoms with E-state index in [1.165, 1.54) is 6.07 Å². The molecule has 3 aromatic heterocycles. The third-order valence-electron chi connectivity index (χ3n) is 7.19. The number of hydrogen-bond acceptors (Lipinski definition) is 8. The molecule has 11 nitrogen and oxygen atoms in total. The number of aromatic amines is 1. The maximum atomic E-state index is 14.0. The summed E-state index contributed by atoms with van der Waals surface area (Å²) in [6.07, 6.45) is 3.92. The Labute approximate surface area is 249 Å². The van der Waals surface area contributed by atoms with Gasteiger partial charge in [-0.15, -0.1) is 0 Å². The molecule has 0 spiro atoms. The van der Waals surface area contributed by atoms with Crippen molar-refractivity contribution in [2.24, 2.45) is 5.92 Å². The Morgan fingerprint density at radius 3 is 2.67 bits per heavy atom. The number of rotatable bonds is 10. The van der Waals surface area contributed by atoms with Crippen molar-refractivity contribution in [2.45, 2.75) is 52.1 Å². The molecule has 5 rings (SSSR count). The SMILES string of the molecule is CC(C)(C)OC(=O)NCCCOc1ccc2nccc(NC(=O)C3CCN(CCc4nc5c(F)cccc5[nH]4)CC3)c2n1. The summed E-state index contributed by atoms with van der Waals surface area (Å²) < 4.78 is 25.0. The molecule has 43 heavy (non-hydrogen) atoms. The Kier molecular flexibility index (Phi) is 9.34. The number of nitrogens with zero attached hydrogens (tertiary/aromatic N) is 4. The lowest BCUT2D eigenvalue weighted by atomic mass is 9.95. The van der Waals surface area contributed by atoms with Crippen LogP contribution in [0.2, 0.25) is 0 Å². The first kappa shape index (κ1) is 30.1. The molecular weight excluding hydrogens is 553 g/mol. The summed E-state index contributed by atoms with van der Waals surface area (Å²) in [6.45, 7) is 8.57. The van der Waals surface area contributed by atoms with Crippen molar-refractivity contribution in [1.29, 1.82) is 0 Å². The number of hydrogen-bond donors (Lipinski definition) is 3. The largest absolute Gasteiger partial charge is 0.478 e. The third kappa shape index (κ3) is 8.16. The number of alkyl carbamates (subject to hydrolysis) is 1. The van der Waals surface area contributed by atoms with E-state index in [4.69, 9.17) is 9.47 Å². The van der Waals surface area contributed by atoms with Crippen LogP contribution in [0.1, 0.15) is 45.9 Å². The Morgan fingerprint density at radius 1 is 1.09 bits per heavy atom. The van der Waals surface area contributed by atoms with Crippen LogP contribution in [0, 0.1) is 11.7 Å². The topological polar surface area (TPSA) is 134 Å². The number of carbonyl (C=O) groups is 2. The molecule has 1 aliphatic rings. The minimum absolute atomic E-state index is 0.0405. The second-order valence-corrected chi connectivity index (χ2v) is 11.7. The molecule has 12 heteroatoms. The number of H-pyrrole nitrogens is 1. The van der Waals surface area contributed by atoms with E-state index < -0.39 is 11.7 Å². The first-order chi connectivity index (χ1) is 20.6. The molecule has 1 aromatic carbocycles. The number of pyridine rings is 2. The van der Waals surface area contributed by atoms with Gasteiger partial charge in [0, 0.05) is 37.7 Å². The predicted molar refractivity (Wildman–Crippen MR) is 161 cm³/mol. The lowest BCUT2D eigenvalue weighted by Crippen LogP contribution is -2.39. The smallest absolute Gasteiger partial charge is 0.407 e. The number of para-hydroxylation sites is 1. The van der Waals surface area contributed by atoms with Gasteiger partial charge in [0.15, 0.2) is 5.82 Å². The van der Waals surface area contributed by atoms with E-state index in [-0.39, 0.29) is 17.6 Å². The van der Waals surface area contributed by atoms with Gasteiger partial charge in [-0.1, -0.05) is 6.07 Å². The van der Waals surface area contributed by atoms with Crippen molar-refractivity contribution in [3.8, 4) is 5.88 Å². The highest BCUT2D eigenvalue weighted by molar-refractivity contribution is 6.00. The number of piperidine rings is 1. The van der Waals surface area contributed by atoms with Gasteiger partial charge in [0.25, 0.3) is 0 Å². The Balaban J connectivity index is 1.09. The molecule has 228 valence electrons. The molecule has 0 unspecified atom stereocenters. The summed E-state index contributed by atoms with van der Waals surface area (Å²) in [5.41, 5.74) is 2.32. The molecule has 4 heterocycles. The lowest BCUT2D eigenvalue weighted by Gasteiger charge is -2.31. The molecule has 0 radical (unpaired) electrons. The average molecular weight is 592 g/mol. The third-order valence-corrected chi connectivity index (χ3v) is 7.19. The first-order valence-electron chi connectivity index (χ1n) is 14.7. The molecule has 0 bridgehead atoms. The van der Waals surface area contributed by atoms with Crippen LogP contribution in [0.25, 0.3) is 22.1 Å². The second kappa shape index (κ2) is 13.3. The van der Waals surface area contributed by atoms with Gasteiger partial charge in [-0.25, -0.2) is 19.2 Å². The number of likely N-dealkylation sites (tertiary alicyclic amines) is 1. The van der Waals surface area contributed by atoms with Gasteiger partial charge in [-0.2, -0.15) is 0 Å². The zero-order valence-electron chi connectivity index (χ0n) is 24.8. The number of nitrogens with one attached hydrogen (secondary N) is 3. The summed E-state index contributed by atoms with van der Waals surface area (Å²) in [7, 11) is 0. The Hall–Kier alpha value is -4.32. The average Bonchev–Trinajstić information content (AvgIpc) is 3.40. The van der Waals surface area contributed by atoms with Gasteiger partial charge in [0.1, 0.15) is 22.5 Å². The van der Waals surface area contributed by atoms with Gasteiger partial charge in [-0.3, -0.25) is 9.78 Å². The highest BCUT2D eigenvalue weighted by atomic mass is 19.1. The summed E-state index contributed by atoms with van der Waals surface area (Å²) >= 11 is 0. The number of amides is 2. The fourth-order valence-corrected chi connectivity index (χ4v) is 5.03. The number of aromatic nitrogens is 4.